The Balaban J connectivity index is 2.83. The molecule has 0 bridgehead atoms. The van der Waals surface area contributed by atoms with Crippen molar-refractivity contribution in [1.82, 2.24) is 16.0 Å². The Hall–Kier alpha value is -2.06. The summed E-state index contributed by atoms with van der Waals surface area (Å²) in [5.74, 6) is -0.665. The fourth-order valence-corrected chi connectivity index (χ4v) is 0.468. The first-order valence-electron chi connectivity index (χ1n) is 2.50. The molecule has 0 aromatic rings. The van der Waals surface area contributed by atoms with E-state index >= 15 is 0 Å². The molecule has 0 aliphatic carbocycles. The molecule has 1 aliphatic rings. The average Bonchev–Trinajstić information content (AvgIpc) is 1.94. The number of nitrogens with zero attached hydrogens (tertiary/aromatic N) is 3. The van der Waals surface area contributed by atoms with Gasteiger partial charge in [0.25, 0.3) is 0 Å². The Morgan fingerprint density at radius 2 is 2.36 bits per heavy atom. The number of nitro groups is 1. The van der Waals surface area contributed by atoms with Crippen molar-refractivity contribution >= 4 is 11.9 Å². The molecular weight excluding hydrogens is 154 g/mol. The summed E-state index contributed by atoms with van der Waals surface area (Å²) >= 11 is 0. The molecule has 1 rings (SSSR count). The van der Waals surface area contributed by atoms with Gasteiger partial charge in [0.05, 0.1) is 15.3 Å². The highest BCUT2D eigenvalue weighted by atomic mass is 16.7. The zero-order chi connectivity index (χ0) is 8.43. The number of rotatable bonds is 1. The zero-order valence-corrected chi connectivity index (χ0v) is 5.24. The van der Waals surface area contributed by atoms with Gasteiger partial charge in [0, 0.05) is 0 Å². The number of nitrogens with two attached hydrogens (primary N) is 1. The van der Waals surface area contributed by atoms with Gasteiger partial charge < -0.3 is 15.8 Å². The topological polar surface area (TPSA) is 133 Å². The minimum Gasteiger partial charge on any atom is -0.345 e. The second-order valence-electron chi connectivity index (χ2n) is 1.61. The summed E-state index contributed by atoms with van der Waals surface area (Å²) in [6.07, 6.45) is 0. The molecule has 1 aliphatic heterocycles. The maximum absolute atomic E-state index is 10.1. The lowest BCUT2D eigenvalue weighted by atomic mass is 10.9. The van der Waals surface area contributed by atoms with Crippen LogP contribution in [0.1, 0.15) is 0 Å². The van der Waals surface area contributed by atoms with Gasteiger partial charge in [-0.05, 0) is 0 Å². The second kappa shape index (κ2) is 2.28. The molecule has 0 aromatic heterocycles. The Morgan fingerprint density at radius 1 is 1.73 bits per heavy atom. The zero-order valence-electron chi connectivity index (χ0n) is 5.24. The molecule has 11 heavy (non-hydrogen) atoms. The van der Waals surface area contributed by atoms with Crippen LogP contribution in [0.3, 0.4) is 0 Å². The predicted octanol–water partition coefficient (Wildman–Crippen LogP) is -2.25. The first kappa shape index (κ1) is 7.05. The average molecular weight is 159 g/mol. The maximum atomic E-state index is 10.1. The van der Waals surface area contributed by atoms with Gasteiger partial charge in [-0.2, -0.15) is 0 Å². The number of nitrogens with one attached hydrogen (secondary N) is 3. The minimum absolute atomic E-state index is 0.169. The quantitative estimate of drug-likeness (QED) is 0.252. The number of hydrogen-bond donors (Lipinski definition) is 4. The highest BCUT2D eigenvalue weighted by Gasteiger charge is 2.25. The molecule has 9 nitrogen and oxygen atoms in total. The molecule has 0 aromatic carbocycles. The summed E-state index contributed by atoms with van der Waals surface area (Å²) in [5, 5.41) is 19.5. The third kappa shape index (κ3) is 1.26. The molecular formula is C2H5N7O2. The largest absolute Gasteiger partial charge is 0.354 e. The number of hydrogen-bond acceptors (Lipinski definition) is 6. The molecule has 0 spiro atoms. The SMILES string of the molecule is N=C1NNC(N)=NN1[N+](=O)[O-]. The van der Waals surface area contributed by atoms with E-state index < -0.39 is 11.0 Å². The van der Waals surface area contributed by atoms with E-state index in [1.54, 1.807) is 0 Å². The summed E-state index contributed by atoms with van der Waals surface area (Å²) in [5.41, 5.74) is 9.41. The van der Waals surface area contributed by atoms with Crippen LogP contribution in [-0.2, 0) is 0 Å². The van der Waals surface area contributed by atoms with Crippen molar-refractivity contribution < 1.29 is 5.03 Å². The van der Waals surface area contributed by atoms with Crippen molar-refractivity contribution in [2.24, 2.45) is 10.8 Å². The van der Waals surface area contributed by atoms with E-state index in [0.29, 0.717) is 0 Å². The van der Waals surface area contributed by atoms with Gasteiger partial charge in [0.15, 0.2) is 0 Å². The molecule has 0 atom stereocenters. The van der Waals surface area contributed by atoms with Crippen LogP contribution in [0.25, 0.3) is 0 Å². The van der Waals surface area contributed by atoms with Crippen molar-refractivity contribution in [2.45, 2.75) is 0 Å². The Morgan fingerprint density at radius 3 is 2.82 bits per heavy atom. The molecule has 0 fully saturated rings. The van der Waals surface area contributed by atoms with Crippen LogP contribution in [0.4, 0.5) is 0 Å². The highest BCUT2D eigenvalue weighted by molar-refractivity contribution is 5.86. The van der Waals surface area contributed by atoms with Gasteiger partial charge in [0.2, 0.25) is 0 Å². The van der Waals surface area contributed by atoms with E-state index in [1.807, 2.05) is 0 Å². The van der Waals surface area contributed by atoms with Gasteiger partial charge in [-0.3, -0.25) is 10.8 Å². The van der Waals surface area contributed by atoms with Gasteiger partial charge in [-0.25, -0.2) is 5.43 Å². The molecule has 0 saturated carbocycles. The van der Waals surface area contributed by atoms with Crippen LogP contribution in [-0.4, -0.2) is 22.1 Å². The van der Waals surface area contributed by atoms with E-state index in [9.17, 15) is 10.1 Å². The monoisotopic (exact) mass is 159 g/mol. The van der Waals surface area contributed by atoms with E-state index in [-0.39, 0.29) is 11.1 Å². The van der Waals surface area contributed by atoms with Crippen molar-refractivity contribution in [3.05, 3.63) is 10.1 Å². The molecule has 9 heteroatoms. The van der Waals surface area contributed by atoms with E-state index in [0.717, 1.165) is 0 Å². The number of hydrazone groups is 1. The maximum Gasteiger partial charge on any atom is 0.354 e. The molecule has 5 N–H and O–H groups in total. The number of guanidine groups is 2. The lowest BCUT2D eigenvalue weighted by molar-refractivity contribution is -0.632. The normalized spacial score (nSPS) is 16.5. The molecule has 1 heterocycles. The summed E-state index contributed by atoms with van der Waals surface area (Å²) < 4.78 is 0. The van der Waals surface area contributed by atoms with Crippen LogP contribution in [0.5, 0.6) is 0 Å². The Bertz CT molecular complexity index is 233. The smallest absolute Gasteiger partial charge is 0.345 e. The van der Waals surface area contributed by atoms with Crippen molar-refractivity contribution in [2.75, 3.05) is 0 Å². The van der Waals surface area contributed by atoms with Crippen molar-refractivity contribution in [1.29, 1.82) is 5.41 Å². The second-order valence-corrected chi connectivity index (χ2v) is 1.61. The van der Waals surface area contributed by atoms with Crippen LogP contribution in [0.15, 0.2) is 5.10 Å². The number of hydrazine groups is 2. The van der Waals surface area contributed by atoms with Crippen LogP contribution >= 0.6 is 0 Å². The highest BCUT2D eigenvalue weighted by Crippen LogP contribution is 1.91. The molecule has 0 saturated heterocycles. The molecule has 0 unspecified atom stereocenters. The summed E-state index contributed by atoms with van der Waals surface area (Å²) in [6, 6.07) is 0. The lowest BCUT2D eigenvalue weighted by Crippen LogP contribution is -2.57. The third-order valence-corrected chi connectivity index (χ3v) is 0.866. The lowest BCUT2D eigenvalue weighted by Gasteiger charge is -2.15. The first-order chi connectivity index (χ1) is 5.11. The van der Waals surface area contributed by atoms with Crippen LogP contribution < -0.4 is 16.6 Å². The molecule has 60 valence electrons. The molecule has 0 radical (unpaired) electrons. The van der Waals surface area contributed by atoms with Crippen molar-refractivity contribution in [3.8, 4) is 0 Å². The fraction of sp³-hybridized carbons (Fsp3) is 0. The van der Waals surface area contributed by atoms with Gasteiger partial charge in [-0.15, -0.1) is 0 Å². The minimum atomic E-state index is -0.872. The van der Waals surface area contributed by atoms with Gasteiger partial charge >= 0.3 is 11.9 Å². The summed E-state index contributed by atoms with van der Waals surface area (Å²) in [4.78, 5) is 10.1. The van der Waals surface area contributed by atoms with Gasteiger partial charge in [-0.1, -0.05) is 0 Å². The standard InChI is InChI=1S/C2H5N7O2/c3-1-5-6-2(4)8(7-1)9(10)11/h(H2,4,6)(H3,3,5,7). The van der Waals surface area contributed by atoms with Crippen molar-refractivity contribution in [3.63, 3.8) is 0 Å². The first-order valence-corrected chi connectivity index (χ1v) is 2.50. The Labute approximate surface area is 60.4 Å². The van der Waals surface area contributed by atoms with Crippen LogP contribution in [0, 0.1) is 15.5 Å². The summed E-state index contributed by atoms with van der Waals surface area (Å²) in [6.45, 7) is 0. The predicted molar refractivity (Wildman–Crippen MR) is 34.5 cm³/mol. The van der Waals surface area contributed by atoms with E-state index in [4.69, 9.17) is 11.1 Å². The fourth-order valence-electron chi connectivity index (χ4n) is 0.468. The molecule has 0 amide bonds. The van der Waals surface area contributed by atoms with Crippen LogP contribution in [0.2, 0.25) is 0 Å². The van der Waals surface area contributed by atoms with E-state index in [2.05, 4.69) is 16.0 Å². The summed E-state index contributed by atoms with van der Waals surface area (Å²) in [7, 11) is 0. The van der Waals surface area contributed by atoms with E-state index in [1.165, 1.54) is 0 Å². The van der Waals surface area contributed by atoms with Gasteiger partial charge in [0.1, 0.15) is 0 Å². The third-order valence-electron chi connectivity index (χ3n) is 0.866. The Kier molecular flexibility index (Phi) is 1.46.